The maximum Gasteiger partial charge on any atom is 0.268 e. The number of methoxy groups -OCH3 is 1. The van der Waals surface area contributed by atoms with Crippen LogP contribution >= 0.6 is 0 Å². The van der Waals surface area contributed by atoms with Crippen molar-refractivity contribution < 1.29 is 4.74 Å². The third kappa shape index (κ3) is 2.33. The summed E-state index contributed by atoms with van der Waals surface area (Å²) < 4.78 is 5.10. The van der Waals surface area contributed by atoms with Crippen molar-refractivity contribution in [3.05, 3.63) is 52.4 Å². The van der Waals surface area contributed by atoms with Gasteiger partial charge in [0.05, 0.1) is 12.8 Å². The third-order valence-corrected chi connectivity index (χ3v) is 2.42. The van der Waals surface area contributed by atoms with Gasteiger partial charge in [-0.15, -0.1) is 0 Å². The van der Waals surface area contributed by atoms with Gasteiger partial charge >= 0.3 is 0 Å². The number of aromatic nitrogens is 1. The molecule has 0 saturated carbocycles. The Balaban J connectivity index is 2.37. The fraction of sp³-hybridized carbons (Fsp3) is 0.0769. The molecule has 1 aromatic heterocycles. The highest BCUT2D eigenvalue weighted by Crippen LogP contribution is 2.21. The molecule has 0 saturated heterocycles. The second-order valence-corrected chi connectivity index (χ2v) is 3.56. The van der Waals surface area contributed by atoms with E-state index in [0.717, 1.165) is 5.69 Å². The van der Waals surface area contributed by atoms with Crippen LogP contribution < -0.4 is 15.6 Å². The standard InChI is InChI=1S/C13H11N3O2/c1-18-10-4-2-3-9(7-10)16-12-5-6-15-13(17)11(12)8-14/h2-7H,1H3,(H2,15,16,17). The number of hydrogen-bond donors (Lipinski definition) is 2. The highest BCUT2D eigenvalue weighted by atomic mass is 16.5. The molecule has 0 aliphatic heterocycles. The molecule has 5 heteroatoms. The number of anilines is 2. The Morgan fingerprint density at radius 1 is 1.39 bits per heavy atom. The third-order valence-electron chi connectivity index (χ3n) is 2.42. The van der Waals surface area contributed by atoms with Gasteiger partial charge < -0.3 is 15.0 Å². The lowest BCUT2D eigenvalue weighted by Crippen LogP contribution is -2.11. The van der Waals surface area contributed by atoms with Crippen molar-refractivity contribution in [2.75, 3.05) is 12.4 Å². The van der Waals surface area contributed by atoms with Crippen LogP contribution in [0.15, 0.2) is 41.3 Å². The van der Waals surface area contributed by atoms with Gasteiger partial charge in [-0.2, -0.15) is 5.26 Å². The van der Waals surface area contributed by atoms with Crippen LogP contribution in [0, 0.1) is 11.3 Å². The molecule has 0 unspecified atom stereocenters. The predicted octanol–water partition coefficient (Wildman–Crippen LogP) is 2.00. The topological polar surface area (TPSA) is 77.9 Å². The fourth-order valence-corrected chi connectivity index (χ4v) is 1.55. The minimum Gasteiger partial charge on any atom is -0.497 e. The first-order chi connectivity index (χ1) is 8.74. The van der Waals surface area contributed by atoms with Gasteiger partial charge in [0, 0.05) is 18.0 Å². The first kappa shape index (κ1) is 11.7. The van der Waals surface area contributed by atoms with E-state index >= 15 is 0 Å². The Bertz CT molecular complexity index is 656. The van der Waals surface area contributed by atoms with E-state index in [1.165, 1.54) is 6.20 Å². The number of nitriles is 1. The largest absolute Gasteiger partial charge is 0.497 e. The molecule has 0 fully saturated rings. The van der Waals surface area contributed by atoms with Crippen LogP contribution in [0.1, 0.15) is 5.56 Å². The molecule has 5 nitrogen and oxygen atoms in total. The number of rotatable bonds is 3. The summed E-state index contributed by atoms with van der Waals surface area (Å²) in [7, 11) is 1.58. The average molecular weight is 241 g/mol. The van der Waals surface area contributed by atoms with Gasteiger partial charge in [0.1, 0.15) is 17.4 Å². The number of benzene rings is 1. The second kappa shape index (κ2) is 5.06. The lowest BCUT2D eigenvalue weighted by Gasteiger charge is -2.08. The van der Waals surface area contributed by atoms with Gasteiger partial charge in [-0.05, 0) is 18.2 Å². The maximum absolute atomic E-state index is 11.4. The number of H-pyrrole nitrogens is 1. The van der Waals surface area contributed by atoms with Crippen LogP contribution in [0.3, 0.4) is 0 Å². The maximum atomic E-state index is 11.4. The Hall–Kier alpha value is -2.74. The molecule has 2 aromatic rings. The molecule has 0 atom stereocenters. The minimum absolute atomic E-state index is 0.0559. The normalized spacial score (nSPS) is 9.56. The summed E-state index contributed by atoms with van der Waals surface area (Å²) in [6.07, 6.45) is 1.49. The molecule has 0 amide bonds. The molecular weight excluding hydrogens is 230 g/mol. The molecular formula is C13H11N3O2. The van der Waals surface area contributed by atoms with Crippen LogP contribution in [0.2, 0.25) is 0 Å². The summed E-state index contributed by atoms with van der Waals surface area (Å²) in [5.74, 6) is 0.698. The van der Waals surface area contributed by atoms with Crippen molar-refractivity contribution in [3.63, 3.8) is 0 Å². The lowest BCUT2D eigenvalue weighted by molar-refractivity contribution is 0.415. The summed E-state index contributed by atoms with van der Waals surface area (Å²) in [5, 5.41) is 12.0. The van der Waals surface area contributed by atoms with E-state index in [4.69, 9.17) is 10.00 Å². The first-order valence-electron chi connectivity index (χ1n) is 5.27. The molecule has 0 aliphatic carbocycles. The van der Waals surface area contributed by atoms with Gasteiger partial charge in [-0.3, -0.25) is 4.79 Å². The molecule has 1 aromatic carbocycles. The van der Waals surface area contributed by atoms with E-state index in [2.05, 4.69) is 10.3 Å². The van der Waals surface area contributed by atoms with E-state index in [-0.39, 0.29) is 5.56 Å². The highest BCUT2D eigenvalue weighted by Gasteiger charge is 2.06. The van der Waals surface area contributed by atoms with Crippen LogP contribution in [-0.4, -0.2) is 12.1 Å². The molecule has 90 valence electrons. The zero-order valence-electron chi connectivity index (χ0n) is 9.73. The number of aromatic amines is 1. The van der Waals surface area contributed by atoms with Crippen molar-refractivity contribution in [1.29, 1.82) is 5.26 Å². The molecule has 2 rings (SSSR count). The molecule has 0 radical (unpaired) electrons. The van der Waals surface area contributed by atoms with E-state index in [9.17, 15) is 4.79 Å². The van der Waals surface area contributed by atoms with E-state index < -0.39 is 5.56 Å². The average Bonchev–Trinajstić information content (AvgIpc) is 2.39. The summed E-state index contributed by atoms with van der Waals surface area (Å²) >= 11 is 0. The van der Waals surface area contributed by atoms with Crippen molar-refractivity contribution in [2.45, 2.75) is 0 Å². The molecule has 18 heavy (non-hydrogen) atoms. The zero-order valence-corrected chi connectivity index (χ0v) is 9.73. The van der Waals surface area contributed by atoms with Crippen LogP contribution in [0.4, 0.5) is 11.4 Å². The van der Waals surface area contributed by atoms with Crippen molar-refractivity contribution in [1.82, 2.24) is 4.98 Å². The minimum atomic E-state index is -0.412. The second-order valence-electron chi connectivity index (χ2n) is 3.56. The number of ether oxygens (including phenoxy) is 1. The number of hydrogen-bond acceptors (Lipinski definition) is 4. The Morgan fingerprint density at radius 2 is 2.22 bits per heavy atom. The molecule has 1 heterocycles. The quantitative estimate of drug-likeness (QED) is 0.861. The molecule has 2 N–H and O–H groups in total. The van der Waals surface area contributed by atoms with Crippen molar-refractivity contribution in [3.8, 4) is 11.8 Å². The monoisotopic (exact) mass is 241 g/mol. The first-order valence-corrected chi connectivity index (χ1v) is 5.27. The fourth-order valence-electron chi connectivity index (χ4n) is 1.55. The van der Waals surface area contributed by atoms with Gasteiger partial charge in [0.15, 0.2) is 0 Å². The van der Waals surface area contributed by atoms with Gasteiger partial charge in [-0.1, -0.05) is 6.07 Å². The van der Waals surface area contributed by atoms with E-state index in [1.54, 1.807) is 19.2 Å². The smallest absolute Gasteiger partial charge is 0.268 e. The number of pyridine rings is 1. The van der Waals surface area contributed by atoms with Gasteiger partial charge in [0.25, 0.3) is 5.56 Å². The van der Waals surface area contributed by atoms with Crippen LogP contribution in [0.25, 0.3) is 0 Å². The summed E-state index contributed by atoms with van der Waals surface area (Å²) in [6, 6.07) is 10.8. The molecule has 0 aliphatic rings. The summed E-state index contributed by atoms with van der Waals surface area (Å²) in [5.41, 5.74) is 0.858. The van der Waals surface area contributed by atoms with Crippen LogP contribution in [-0.2, 0) is 0 Å². The number of nitrogens with one attached hydrogen (secondary N) is 2. The lowest BCUT2D eigenvalue weighted by atomic mass is 10.2. The Labute approximate surface area is 104 Å². The Morgan fingerprint density at radius 3 is 2.94 bits per heavy atom. The van der Waals surface area contributed by atoms with Crippen molar-refractivity contribution in [2.24, 2.45) is 0 Å². The van der Waals surface area contributed by atoms with Gasteiger partial charge in [0.2, 0.25) is 0 Å². The molecule has 0 bridgehead atoms. The predicted molar refractivity (Wildman–Crippen MR) is 68.1 cm³/mol. The Kier molecular flexibility index (Phi) is 3.30. The van der Waals surface area contributed by atoms with Gasteiger partial charge in [-0.25, -0.2) is 0 Å². The van der Waals surface area contributed by atoms with E-state index in [1.807, 2.05) is 24.3 Å². The SMILES string of the molecule is COc1cccc(Nc2cc[nH]c(=O)c2C#N)c1. The zero-order chi connectivity index (χ0) is 13.0. The van der Waals surface area contributed by atoms with E-state index in [0.29, 0.717) is 11.4 Å². The van der Waals surface area contributed by atoms with Crippen molar-refractivity contribution >= 4 is 11.4 Å². The summed E-state index contributed by atoms with van der Waals surface area (Å²) in [6.45, 7) is 0. The number of nitrogens with zero attached hydrogens (tertiary/aromatic N) is 1. The highest BCUT2D eigenvalue weighted by molar-refractivity contribution is 5.66. The summed E-state index contributed by atoms with van der Waals surface area (Å²) in [4.78, 5) is 13.9. The van der Waals surface area contributed by atoms with Crippen LogP contribution in [0.5, 0.6) is 5.75 Å². The molecule has 0 spiro atoms.